The van der Waals surface area contributed by atoms with Gasteiger partial charge in [-0.2, -0.15) is 0 Å². The summed E-state index contributed by atoms with van der Waals surface area (Å²) in [6.45, 7) is 6.79. The van der Waals surface area contributed by atoms with Gasteiger partial charge >= 0.3 is 0 Å². The van der Waals surface area contributed by atoms with E-state index >= 15 is 0 Å². The fraction of sp³-hybridized carbons (Fsp3) is 0.231. The molecule has 0 spiro atoms. The van der Waals surface area contributed by atoms with Crippen LogP contribution < -0.4 is 26.2 Å². The largest absolute Gasteiger partial charge is 0.311 e. The zero-order valence-corrected chi connectivity index (χ0v) is 24.9. The molecule has 1 fully saturated rings. The van der Waals surface area contributed by atoms with Gasteiger partial charge < -0.3 is 9.80 Å². The van der Waals surface area contributed by atoms with Crippen molar-refractivity contribution >= 4 is 57.2 Å². The van der Waals surface area contributed by atoms with Crippen LogP contribution in [0, 0.1) is 20.8 Å². The average Bonchev–Trinajstić information content (AvgIpc) is 3.01. The van der Waals surface area contributed by atoms with E-state index in [0.29, 0.717) is 5.92 Å². The minimum absolute atomic E-state index is 0.185. The van der Waals surface area contributed by atoms with Gasteiger partial charge in [0.25, 0.3) is 6.71 Å². The summed E-state index contributed by atoms with van der Waals surface area (Å²) in [6, 6.07) is 39.4. The number of hydrogen-bond donors (Lipinski definition) is 0. The molecule has 1 saturated carbocycles. The molecule has 42 heavy (non-hydrogen) atoms. The van der Waals surface area contributed by atoms with Gasteiger partial charge in [0, 0.05) is 34.1 Å². The summed E-state index contributed by atoms with van der Waals surface area (Å²) in [6.07, 6.45) is 6.58. The highest BCUT2D eigenvalue weighted by Gasteiger charge is 2.43. The molecule has 2 heterocycles. The fourth-order valence-corrected chi connectivity index (χ4v) is 7.76. The summed E-state index contributed by atoms with van der Waals surface area (Å²) < 4.78 is 0. The topological polar surface area (TPSA) is 6.48 Å². The first-order valence-corrected chi connectivity index (χ1v) is 15.7. The molecule has 5 aromatic carbocycles. The van der Waals surface area contributed by atoms with Crippen molar-refractivity contribution in [1.29, 1.82) is 0 Å². The van der Waals surface area contributed by atoms with E-state index in [0.717, 1.165) is 0 Å². The molecule has 3 aliphatic rings. The van der Waals surface area contributed by atoms with E-state index in [4.69, 9.17) is 0 Å². The molecule has 0 N–H and O–H groups in total. The Morgan fingerprint density at radius 2 is 1.19 bits per heavy atom. The van der Waals surface area contributed by atoms with Gasteiger partial charge in [-0.15, -0.1) is 0 Å². The maximum absolute atomic E-state index is 2.57. The molecular weight excluding hydrogens is 507 g/mol. The molecule has 206 valence electrons. The quantitative estimate of drug-likeness (QED) is 0.205. The lowest BCUT2D eigenvalue weighted by Gasteiger charge is -2.45. The minimum Gasteiger partial charge on any atom is -0.311 e. The van der Waals surface area contributed by atoms with Crippen molar-refractivity contribution in [2.45, 2.75) is 58.8 Å². The van der Waals surface area contributed by atoms with Gasteiger partial charge in [-0.1, -0.05) is 79.4 Å². The number of rotatable bonds is 3. The lowest BCUT2D eigenvalue weighted by Crippen LogP contribution is -2.61. The monoisotopic (exact) mass is 544 g/mol. The smallest absolute Gasteiger partial charge is 0.252 e. The van der Waals surface area contributed by atoms with E-state index < -0.39 is 0 Å². The molecule has 8 rings (SSSR count). The standard InChI is InChI=1S/C39H37BN2/c1-26-16-19-31(20-17-26)41-35-15-8-7-14-33(35)40-34-21-18-28(3)23-36(34)42(32-13-9-10-27(2)22-32)38-25-30(24-37(41)39(38)40)29-11-5-4-6-12-29/h7-10,13-25,29H,4-6,11-12H2,1-3H3. The van der Waals surface area contributed by atoms with Crippen LogP contribution in [0.15, 0.2) is 103 Å². The van der Waals surface area contributed by atoms with Gasteiger partial charge in [0.1, 0.15) is 0 Å². The Hall–Kier alpha value is -4.24. The molecule has 5 aromatic rings. The second-order valence-corrected chi connectivity index (χ2v) is 12.7. The second kappa shape index (κ2) is 9.95. The fourth-order valence-electron chi connectivity index (χ4n) is 7.76. The maximum atomic E-state index is 2.57. The second-order valence-electron chi connectivity index (χ2n) is 12.7. The van der Waals surface area contributed by atoms with Gasteiger partial charge in [0.15, 0.2) is 0 Å². The van der Waals surface area contributed by atoms with Crippen molar-refractivity contribution in [2.75, 3.05) is 9.80 Å². The number of para-hydroxylation sites is 1. The van der Waals surface area contributed by atoms with Crippen molar-refractivity contribution in [2.24, 2.45) is 0 Å². The van der Waals surface area contributed by atoms with Gasteiger partial charge in [-0.3, -0.25) is 0 Å². The summed E-state index contributed by atoms with van der Waals surface area (Å²) in [5.41, 5.74) is 17.3. The van der Waals surface area contributed by atoms with Crippen LogP contribution >= 0.6 is 0 Å². The maximum Gasteiger partial charge on any atom is 0.252 e. The van der Waals surface area contributed by atoms with Crippen molar-refractivity contribution < 1.29 is 0 Å². The minimum atomic E-state index is 0.185. The van der Waals surface area contributed by atoms with E-state index in [2.05, 4.69) is 134 Å². The van der Waals surface area contributed by atoms with Crippen LogP contribution in [0.25, 0.3) is 0 Å². The van der Waals surface area contributed by atoms with Crippen LogP contribution in [0.1, 0.15) is 60.3 Å². The molecular formula is C39H37BN2. The first kappa shape index (κ1) is 25.5. The van der Waals surface area contributed by atoms with Crippen molar-refractivity contribution in [1.82, 2.24) is 0 Å². The molecule has 0 radical (unpaired) electrons. The Kier molecular flexibility index (Phi) is 6.03. The van der Waals surface area contributed by atoms with E-state index in [1.54, 1.807) is 0 Å². The summed E-state index contributed by atoms with van der Waals surface area (Å²) in [5, 5.41) is 0. The number of fused-ring (bicyclic) bond motifs is 4. The van der Waals surface area contributed by atoms with Crippen molar-refractivity contribution in [3.05, 3.63) is 125 Å². The first-order chi connectivity index (χ1) is 20.6. The highest BCUT2D eigenvalue weighted by molar-refractivity contribution is 7.00. The molecule has 2 nitrogen and oxygen atoms in total. The summed E-state index contributed by atoms with van der Waals surface area (Å²) in [4.78, 5) is 5.11. The Morgan fingerprint density at radius 3 is 1.95 bits per heavy atom. The number of aryl methyl sites for hydroxylation is 3. The molecule has 0 atom stereocenters. The van der Waals surface area contributed by atoms with Crippen LogP contribution in [0.3, 0.4) is 0 Å². The predicted molar refractivity (Wildman–Crippen MR) is 181 cm³/mol. The molecule has 0 aromatic heterocycles. The highest BCUT2D eigenvalue weighted by atomic mass is 15.2. The van der Waals surface area contributed by atoms with E-state index in [9.17, 15) is 0 Å². The van der Waals surface area contributed by atoms with Crippen molar-refractivity contribution in [3.63, 3.8) is 0 Å². The third-order valence-electron chi connectivity index (χ3n) is 9.78. The van der Waals surface area contributed by atoms with E-state index in [1.165, 1.54) is 105 Å². The number of hydrogen-bond acceptors (Lipinski definition) is 2. The van der Waals surface area contributed by atoms with Gasteiger partial charge in [-0.25, -0.2) is 0 Å². The van der Waals surface area contributed by atoms with Gasteiger partial charge in [0.05, 0.1) is 0 Å². The lowest BCUT2D eigenvalue weighted by atomic mass is 9.33. The van der Waals surface area contributed by atoms with Crippen molar-refractivity contribution in [3.8, 4) is 0 Å². The van der Waals surface area contributed by atoms with E-state index in [-0.39, 0.29) is 6.71 Å². The van der Waals surface area contributed by atoms with Gasteiger partial charge in [0.2, 0.25) is 0 Å². The average molecular weight is 545 g/mol. The molecule has 0 amide bonds. The van der Waals surface area contributed by atoms with Crippen LogP contribution in [-0.4, -0.2) is 6.71 Å². The molecule has 0 bridgehead atoms. The summed E-state index contributed by atoms with van der Waals surface area (Å²) in [7, 11) is 0. The third kappa shape index (κ3) is 4.01. The molecule has 2 aliphatic heterocycles. The Balaban J connectivity index is 1.48. The predicted octanol–water partition coefficient (Wildman–Crippen LogP) is 8.74. The molecule has 0 unspecified atom stereocenters. The number of nitrogens with zero attached hydrogens (tertiary/aromatic N) is 2. The van der Waals surface area contributed by atoms with Crippen LogP contribution in [0.5, 0.6) is 0 Å². The SMILES string of the molecule is Cc1ccc(N2c3ccccc3B3c4ccc(C)cc4N(c4cccc(C)c4)c4cc(C5CCCCC5)cc2c43)cc1. The normalized spacial score (nSPS) is 15.7. The zero-order chi connectivity index (χ0) is 28.4. The van der Waals surface area contributed by atoms with Crippen LogP contribution in [0.4, 0.5) is 34.1 Å². The lowest BCUT2D eigenvalue weighted by molar-refractivity contribution is 0.444. The zero-order valence-electron chi connectivity index (χ0n) is 24.9. The Morgan fingerprint density at radius 1 is 0.524 bits per heavy atom. The van der Waals surface area contributed by atoms with E-state index in [1.807, 2.05) is 0 Å². The molecule has 3 heteroatoms. The Bertz CT molecular complexity index is 1820. The summed E-state index contributed by atoms with van der Waals surface area (Å²) in [5.74, 6) is 0.606. The third-order valence-corrected chi connectivity index (χ3v) is 9.78. The van der Waals surface area contributed by atoms with Gasteiger partial charge in [-0.05, 0) is 121 Å². The Labute approximate surface area is 250 Å². The molecule has 1 aliphatic carbocycles. The van der Waals surface area contributed by atoms with Crippen LogP contribution in [-0.2, 0) is 0 Å². The summed E-state index contributed by atoms with van der Waals surface area (Å²) >= 11 is 0. The molecule has 0 saturated heterocycles. The number of benzene rings is 5. The van der Waals surface area contributed by atoms with Crippen LogP contribution in [0.2, 0.25) is 0 Å². The highest BCUT2D eigenvalue weighted by Crippen LogP contribution is 2.46. The first-order valence-electron chi connectivity index (χ1n) is 15.7. The number of anilines is 6.